The molecule has 0 unspecified atom stereocenters. The third-order valence-corrected chi connectivity index (χ3v) is 5.22. The van der Waals surface area contributed by atoms with Gasteiger partial charge in [0.05, 0.1) is 7.11 Å². The Morgan fingerprint density at radius 2 is 1.84 bits per heavy atom. The molecule has 1 N–H and O–H groups in total. The van der Waals surface area contributed by atoms with Crippen molar-refractivity contribution >= 4 is 17.7 Å². The highest BCUT2D eigenvalue weighted by Crippen LogP contribution is 2.28. The van der Waals surface area contributed by atoms with Crippen molar-refractivity contribution in [1.82, 2.24) is 10.2 Å². The van der Waals surface area contributed by atoms with Gasteiger partial charge in [-0.05, 0) is 48.9 Å². The molecule has 7 heteroatoms. The second kappa shape index (κ2) is 11.4. The molecule has 166 valence electrons. The second-order valence-corrected chi connectivity index (χ2v) is 7.35. The number of ether oxygens (including phenoxy) is 2. The molecule has 2 aromatic rings. The molecule has 1 saturated heterocycles. The third kappa shape index (κ3) is 6.72. The monoisotopic (exact) mass is 427 g/mol. The van der Waals surface area contributed by atoms with Crippen molar-refractivity contribution in [3.63, 3.8) is 0 Å². The van der Waals surface area contributed by atoms with Gasteiger partial charge in [0.1, 0.15) is 5.82 Å². The molecule has 1 amide bonds. The third-order valence-electron chi connectivity index (χ3n) is 5.22. The lowest BCUT2D eigenvalue weighted by Crippen LogP contribution is -2.48. The van der Waals surface area contributed by atoms with E-state index in [1.807, 2.05) is 49.4 Å². The summed E-state index contributed by atoms with van der Waals surface area (Å²) in [6.45, 7) is 6.81. The van der Waals surface area contributed by atoms with Gasteiger partial charge in [0.25, 0.3) is 5.91 Å². The number of halogens is 1. The van der Waals surface area contributed by atoms with Crippen molar-refractivity contribution in [2.75, 3.05) is 57.9 Å². The van der Waals surface area contributed by atoms with Crippen LogP contribution in [0.1, 0.15) is 12.5 Å². The minimum absolute atomic E-state index is 0.0579. The average Bonchev–Trinajstić information content (AvgIpc) is 2.79. The van der Waals surface area contributed by atoms with E-state index in [0.717, 1.165) is 44.0 Å². The molecule has 2 aromatic carbocycles. The summed E-state index contributed by atoms with van der Waals surface area (Å²) in [5.74, 6) is 0.765. The van der Waals surface area contributed by atoms with Crippen molar-refractivity contribution in [2.45, 2.75) is 6.92 Å². The summed E-state index contributed by atoms with van der Waals surface area (Å²) in [6, 6.07) is 12.2. The number of hydrogen-bond donors (Lipinski definition) is 1. The molecule has 3 rings (SSSR count). The van der Waals surface area contributed by atoms with Crippen LogP contribution >= 0.6 is 0 Å². The molecule has 0 aliphatic carbocycles. The molecule has 0 saturated carbocycles. The van der Waals surface area contributed by atoms with E-state index in [-0.39, 0.29) is 18.3 Å². The molecule has 0 aromatic heterocycles. The Bertz CT molecular complexity index is 878. The number of hydrogen-bond acceptors (Lipinski definition) is 5. The molecular formula is C24H30FN3O3. The van der Waals surface area contributed by atoms with Gasteiger partial charge in [0.2, 0.25) is 0 Å². The van der Waals surface area contributed by atoms with Crippen molar-refractivity contribution in [2.24, 2.45) is 0 Å². The SMILES string of the molecule is C/C=C/c1ccc(OCC(=O)NCCN2CCN(c3ccc(F)cc3)CC2)c(OC)c1. The van der Waals surface area contributed by atoms with E-state index in [4.69, 9.17) is 9.47 Å². The van der Waals surface area contributed by atoms with Gasteiger partial charge in [0.15, 0.2) is 18.1 Å². The maximum absolute atomic E-state index is 13.1. The van der Waals surface area contributed by atoms with E-state index in [1.54, 1.807) is 7.11 Å². The van der Waals surface area contributed by atoms with Crippen LogP contribution in [0.3, 0.4) is 0 Å². The number of nitrogens with zero attached hydrogens (tertiary/aromatic N) is 2. The Morgan fingerprint density at radius 3 is 2.52 bits per heavy atom. The van der Waals surface area contributed by atoms with Gasteiger partial charge in [-0.2, -0.15) is 0 Å². The first-order chi connectivity index (χ1) is 15.1. The minimum atomic E-state index is -0.216. The summed E-state index contributed by atoms with van der Waals surface area (Å²) in [6.07, 6.45) is 3.92. The fourth-order valence-corrected chi connectivity index (χ4v) is 3.53. The van der Waals surface area contributed by atoms with Crippen LogP contribution in [0.15, 0.2) is 48.5 Å². The molecule has 6 nitrogen and oxygen atoms in total. The van der Waals surface area contributed by atoms with Crippen molar-refractivity contribution < 1.29 is 18.7 Å². The first kappa shape index (κ1) is 22.6. The van der Waals surface area contributed by atoms with Gasteiger partial charge in [-0.3, -0.25) is 9.69 Å². The van der Waals surface area contributed by atoms with E-state index in [2.05, 4.69) is 15.1 Å². The summed E-state index contributed by atoms with van der Waals surface area (Å²) in [5.41, 5.74) is 2.05. The van der Waals surface area contributed by atoms with Crippen molar-refractivity contribution in [1.29, 1.82) is 0 Å². The number of methoxy groups -OCH3 is 1. The Balaban J connectivity index is 1.36. The summed E-state index contributed by atoms with van der Waals surface area (Å²) in [4.78, 5) is 16.7. The predicted molar refractivity (Wildman–Crippen MR) is 121 cm³/mol. The zero-order chi connectivity index (χ0) is 22.1. The lowest BCUT2D eigenvalue weighted by molar-refractivity contribution is -0.123. The predicted octanol–water partition coefficient (Wildman–Crippen LogP) is 3.18. The molecule has 1 aliphatic rings. The molecule has 0 atom stereocenters. The average molecular weight is 428 g/mol. The Morgan fingerprint density at radius 1 is 1.10 bits per heavy atom. The van der Waals surface area contributed by atoms with Gasteiger partial charge >= 0.3 is 0 Å². The smallest absolute Gasteiger partial charge is 0.257 e. The molecule has 0 spiro atoms. The zero-order valence-electron chi connectivity index (χ0n) is 18.1. The number of carbonyl (C=O) groups is 1. The molecule has 0 radical (unpaired) electrons. The van der Waals surface area contributed by atoms with E-state index in [9.17, 15) is 9.18 Å². The maximum Gasteiger partial charge on any atom is 0.257 e. The highest BCUT2D eigenvalue weighted by atomic mass is 19.1. The topological polar surface area (TPSA) is 54.0 Å². The number of piperazine rings is 1. The number of allylic oxidation sites excluding steroid dienone is 1. The van der Waals surface area contributed by atoms with Gasteiger partial charge < -0.3 is 19.7 Å². The molecule has 1 fully saturated rings. The Hall–Kier alpha value is -3.06. The Labute approximate surface area is 183 Å². The lowest BCUT2D eigenvalue weighted by Gasteiger charge is -2.36. The van der Waals surface area contributed by atoms with Crippen LogP contribution in [-0.2, 0) is 4.79 Å². The van der Waals surface area contributed by atoms with Gasteiger partial charge in [-0.1, -0.05) is 18.2 Å². The number of benzene rings is 2. The summed E-state index contributed by atoms with van der Waals surface area (Å²) >= 11 is 0. The largest absolute Gasteiger partial charge is 0.493 e. The lowest BCUT2D eigenvalue weighted by atomic mass is 10.2. The van der Waals surface area contributed by atoms with Crippen LogP contribution in [0.5, 0.6) is 11.5 Å². The van der Waals surface area contributed by atoms with Crippen LogP contribution in [0.25, 0.3) is 6.08 Å². The molecule has 31 heavy (non-hydrogen) atoms. The quantitative estimate of drug-likeness (QED) is 0.666. The van der Waals surface area contributed by atoms with Crippen LogP contribution in [0.2, 0.25) is 0 Å². The summed E-state index contributed by atoms with van der Waals surface area (Å²) < 4.78 is 24.1. The van der Waals surface area contributed by atoms with Gasteiger partial charge in [-0.25, -0.2) is 4.39 Å². The zero-order valence-corrected chi connectivity index (χ0v) is 18.1. The first-order valence-corrected chi connectivity index (χ1v) is 10.5. The maximum atomic E-state index is 13.1. The summed E-state index contributed by atoms with van der Waals surface area (Å²) in [5, 5.41) is 2.91. The molecule has 1 heterocycles. The van der Waals surface area contributed by atoms with Crippen LogP contribution in [0, 0.1) is 5.82 Å². The van der Waals surface area contributed by atoms with Crippen molar-refractivity contribution in [3.8, 4) is 11.5 Å². The standard InChI is InChI=1S/C24H30FN3O3/c1-3-4-19-5-10-22(23(17-19)30-2)31-18-24(29)26-11-12-27-13-15-28(16-14-27)21-8-6-20(25)7-9-21/h3-10,17H,11-16,18H2,1-2H3,(H,26,29)/b4-3+. The normalized spacial score (nSPS) is 14.6. The van der Waals surface area contributed by atoms with Gasteiger partial charge in [0, 0.05) is 45.0 Å². The minimum Gasteiger partial charge on any atom is -0.493 e. The molecule has 1 aliphatic heterocycles. The molecular weight excluding hydrogens is 397 g/mol. The fraction of sp³-hybridized carbons (Fsp3) is 0.375. The fourth-order valence-electron chi connectivity index (χ4n) is 3.53. The Kier molecular flexibility index (Phi) is 8.29. The first-order valence-electron chi connectivity index (χ1n) is 10.5. The van der Waals surface area contributed by atoms with E-state index in [1.165, 1.54) is 12.1 Å². The highest BCUT2D eigenvalue weighted by molar-refractivity contribution is 5.77. The molecule has 0 bridgehead atoms. The number of amides is 1. The van der Waals surface area contributed by atoms with E-state index >= 15 is 0 Å². The highest BCUT2D eigenvalue weighted by Gasteiger charge is 2.17. The van der Waals surface area contributed by atoms with Crippen LogP contribution in [0.4, 0.5) is 10.1 Å². The van der Waals surface area contributed by atoms with E-state index < -0.39 is 0 Å². The van der Waals surface area contributed by atoms with Crippen molar-refractivity contribution in [3.05, 3.63) is 59.9 Å². The number of anilines is 1. The van der Waals surface area contributed by atoms with Crippen LogP contribution in [-0.4, -0.2) is 63.8 Å². The number of rotatable bonds is 9. The number of nitrogens with one attached hydrogen (secondary N) is 1. The second-order valence-electron chi connectivity index (χ2n) is 7.35. The number of carbonyl (C=O) groups excluding carboxylic acids is 1. The van der Waals surface area contributed by atoms with Gasteiger partial charge in [-0.15, -0.1) is 0 Å². The summed E-state index contributed by atoms with van der Waals surface area (Å²) in [7, 11) is 1.58. The van der Waals surface area contributed by atoms with E-state index in [0.29, 0.717) is 18.0 Å². The van der Waals surface area contributed by atoms with Crippen LogP contribution < -0.4 is 19.7 Å².